The zero-order chi connectivity index (χ0) is 8.32. The Hall–Kier alpha value is -0.860. The van der Waals surface area contributed by atoms with Gasteiger partial charge in [-0.25, -0.2) is 4.89 Å². The second kappa shape index (κ2) is 3.03. The van der Waals surface area contributed by atoms with Crippen molar-refractivity contribution in [2.75, 3.05) is 0 Å². The lowest BCUT2D eigenvalue weighted by atomic mass is 9.99. The van der Waals surface area contributed by atoms with Crippen LogP contribution in [0.3, 0.4) is 0 Å². The van der Waals surface area contributed by atoms with Gasteiger partial charge < -0.3 is 0 Å². The minimum atomic E-state index is -0.641. The van der Waals surface area contributed by atoms with Gasteiger partial charge in [0, 0.05) is 0 Å². The van der Waals surface area contributed by atoms with Crippen LogP contribution in [0.5, 0.6) is 0 Å². The van der Waals surface area contributed by atoms with E-state index in [9.17, 15) is 0 Å². The third kappa shape index (κ3) is 1.79. The van der Waals surface area contributed by atoms with Crippen LogP contribution in [-0.2, 0) is 10.5 Å². The first-order valence-electron chi connectivity index (χ1n) is 3.46. The summed E-state index contributed by atoms with van der Waals surface area (Å²) in [5.74, 6) is 0. The minimum absolute atomic E-state index is 0.641. The number of hydrogen-bond donors (Lipinski definition) is 1. The van der Waals surface area contributed by atoms with E-state index in [1.807, 2.05) is 12.1 Å². The molecular weight excluding hydrogens is 140 g/mol. The van der Waals surface area contributed by atoms with Crippen molar-refractivity contribution in [3.8, 4) is 0 Å². The van der Waals surface area contributed by atoms with Crippen molar-refractivity contribution in [2.45, 2.75) is 19.4 Å². The lowest BCUT2D eigenvalue weighted by Gasteiger charge is -2.20. The van der Waals surface area contributed by atoms with Gasteiger partial charge in [-0.05, 0) is 31.5 Å². The molecule has 0 aliphatic carbocycles. The standard InChI is InChI=1S/C9H11O2/c1-9(2,11-10)8-6-4-3-5-7-8/h3-4,6-7,10H,1-2H3. The van der Waals surface area contributed by atoms with E-state index < -0.39 is 5.60 Å². The Morgan fingerprint density at radius 2 is 2.27 bits per heavy atom. The highest BCUT2D eigenvalue weighted by atomic mass is 17.1. The minimum Gasteiger partial charge on any atom is -0.251 e. The monoisotopic (exact) mass is 151 g/mol. The van der Waals surface area contributed by atoms with Gasteiger partial charge in [0.1, 0.15) is 5.60 Å². The fraction of sp³-hybridized carbons (Fsp3) is 0.333. The summed E-state index contributed by atoms with van der Waals surface area (Å²) in [6.45, 7) is 3.58. The SMILES string of the molecule is CC(C)(OO)c1c[c]ccc1. The maximum atomic E-state index is 8.53. The van der Waals surface area contributed by atoms with Crippen LogP contribution in [0.25, 0.3) is 0 Å². The van der Waals surface area contributed by atoms with Crippen molar-refractivity contribution in [1.29, 1.82) is 0 Å². The Balaban J connectivity index is 2.93. The quantitative estimate of drug-likeness (QED) is 0.518. The van der Waals surface area contributed by atoms with Crippen molar-refractivity contribution >= 4 is 0 Å². The predicted octanol–water partition coefficient (Wildman–Crippen LogP) is 2.21. The van der Waals surface area contributed by atoms with E-state index in [1.54, 1.807) is 26.0 Å². The van der Waals surface area contributed by atoms with Gasteiger partial charge in [0.15, 0.2) is 0 Å². The summed E-state index contributed by atoms with van der Waals surface area (Å²) in [5, 5.41) is 8.53. The lowest BCUT2D eigenvalue weighted by molar-refractivity contribution is -0.318. The molecule has 59 valence electrons. The van der Waals surface area contributed by atoms with Gasteiger partial charge in [-0.15, -0.1) is 0 Å². The number of hydrogen-bond acceptors (Lipinski definition) is 2. The molecular formula is C9H11O2. The molecule has 11 heavy (non-hydrogen) atoms. The predicted molar refractivity (Wildman–Crippen MR) is 42.0 cm³/mol. The Morgan fingerprint density at radius 1 is 1.55 bits per heavy atom. The van der Waals surface area contributed by atoms with Crippen LogP contribution in [0, 0.1) is 6.07 Å². The van der Waals surface area contributed by atoms with Gasteiger partial charge in [-0.2, -0.15) is 0 Å². The fourth-order valence-corrected chi connectivity index (χ4v) is 0.821. The van der Waals surface area contributed by atoms with E-state index >= 15 is 0 Å². The average molecular weight is 151 g/mol. The zero-order valence-corrected chi connectivity index (χ0v) is 6.66. The summed E-state index contributed by atoms with van der Waals surface area (Å²) in [6, 6.07) is 10.2. The maximum absolute atomic E-state index is 8.53. The van der Waals surface area contributed by atoms with E-state index in [0.29, 0.717) is 0 Å². The molecule has 1 rings (SSSR count). The molecule has 0 saturated heterocycles. The largest absolute Gasteiger partial charge is 0.251 e. The molecule has 0 amide bonds. The maximum Gasteiger partial charge on any atom is 0.123 e. The van der Waals surface area contributed by atoms with Gasteiger partial charge >= 0.3 is 0 Å². The van der Waals surface area contributed by atoms with Crippen LogP contribution in [-0.4, -0.2) is 5.26 Å². The molecule has 1 N–H and O–H groups in total. The summed E-state index contributed by atoms with van der Waals surface area (Å²) in [7, 11) is 0. The first kappa shape index (κ1) is 8.24. The van der Waals surface area contributed by atoms with Crippen LogP contribution >= 0.6 is 0 Å². The van der Waals surface area contributed by atoms with Gasteiger partial charge in [-0.1, -0.05) is 18.2 Å². The van der Waals surface area contributed by atoms with E-state index in [0.717, 1.165) is 5.56 Å². The van der Waals surface area contributed by atoms with Crippen molar-refractivity contribution in [3.05, 3.63) is 35.9 Å². The van der Waals surface area contributed by atoms with Crippen molar-refractivity contribution in [2.24, 2.45) is 0 Å². The first-order valence-corrected chi connectivity index (χ1v) is 3.46. The molecule has 2 nitrogen and oxygen atoms in total. The third-order valence-electron chi connectivity index (χ3n) is 1.63. The number of rotatable bonds is 2. The Morgan fingerprint density at radius 3 is 2.73 bits per heavy atom. The molecule has 0 aromatic heterocycles. The molecule has 0 aliphatic heterocycles. The topological polar surface area (TPSA) is 29.5 Å². The average Bonchev–Trinajstić information content (AvgIpc) is 2.06. The van der Waals surface area contributed by atoms with E-state index in [2.05, 4.69) is 11.0 Å². The Kier molecular flexibility index (Phi) is 2.27. The summed E-state index contributed by atoms with van der Waals surface area (Å²) < 4.78 is 0. The number of benzene rings is 1. The zero-order valence-electron chi connectivity index (χ0n) is 6.66. The van der Waals surface area contributed by atoms with Crippen molar-refractivity contribution < 1.29 is 10.1 Å². The Bertz CT molecular complexity index is 216. The van der Waals surface area contributed by atoms with Gasteiger partial charge in [0.2, 0.25) is 0 Å². The second-order valence-electron chi connectivity index (χ2n) is 2.89. The summed E-state index contributed by atoms with van der Waals surface area (Å²) in [5.41, 5.74) is 0.264. The molecule has 0 atom stereocenters. The second-order valence-corrected chi connectivity index (χ2v) is 2.89. The van der Waals surface area contributed by atoms with Crippen molar-refractivity contribution in [1.82, 2.24) is 0 Å². The lowest BCUT2D eigenvalue weighted by Crippen LogP contribution is -2.19. The molecule has 0 bridgehead atoms. The molecule has 0 unspecified atom stereocenters. The molecule has 0 saturated carbocycles. The first-order chi connectivity index (χ1) is 5.17. The van der Waals surface area contributed by atoms with Crippen LogP contribution in [0.4, 0.5) is 0 Å². The smallest absolute Gasteiger partial charge is 0.123 e. The van der Waals surface area contributed by atoms with Crippen LogP contribution in [0.15, 0.2) is 24.3 Å². The summed E-state index contributed by atoms with van der Waals surface area (Å²) in [6.07, 6.45) is 0. The molecule has 0 spiro atoms. The van der Waals surface area contributed by atoms with Crippen LogP contribution in [0.2, 0.25) is 0 Å². The van der Waals surface area contributed by atoms with Gasteiger partial charge in [-0.3, -0.25) is 5.26 Å². The normalized spacial score (nSPS) is 11.5. The summed E-state index contributed by atoms with van der Waals surface area (Å²) in [4.78, 5) is 4.30. The van der Waals surface area contributed by atoms with Gasteiger partial charge in [0.05, 0.1) is 0 Å². The van der Waals surface area contributed by atoms with Crippen LogP contribution < -0.4 is 0 Å². The van der Waals surface area contributed by atoms with E-state index in [-0.39, 0.29) is 0 Å². The van der Waals surface area contributed by atoms with Crippen molar-refractivity contribution in [3.63, 3.8) is 0 Å². The van der Waals surface area contributed by atoms with Crippen LogP contribution in [0.1, 0.15) is 19.4 Å². The molecule has 1 radical (unpaired) electrons. The molecule has 0 fully saturated rings. The molecule has 2 heteroatoms. The molecule has 0 heterocycles. The van der Waals surface area contributed by atoms with Gasteiger partial charge in [0.25, 0.3) is 0 Å². The highest BCUT2D eigenvalue weighted by Crippen LogP contribution is 2.22. The fourth-order valence-electron chi connectivity index (χ4n) is 0.821. The Labute approximate surface area is 66.4 Å². The summed E-state index contributed by atoms with van der Waals surface area (Å²) >= 11 is 0. The van der Waals surface area contributed by atoms with E-state index in [4.69, 9.17) is 5.26 Å². The third-order valence-corrected chi connectivity index (χ3v) is 1.63. The van der Waals surface area contributed by atoms with E-state index in [1.165, 1.54) is 0 Å². The highest BCUT2D eigenvalue weighted by Gasteiger charge is 2.20. The molecule has 0 aliphatic rings. The highest BCUT2D eigenvalue weighted by molar-refractivity contribution is 5.19. The molecule has 1 aromatic rings. The molecule has 1 aromatic carbocycles.